The Morgan fingerprint density at radius 3 is 2.28 bits per heavy atom. The number of hydrogen-bond donors (Lipinski definition) is 0. The summed E-state index contributed by atoms with van der Waals surface area (Å²) in [6.45, 7) is 12.3. The third kappa shape index (κ3) is 5.75. The van der Waals surface area contributed by atoms with Crippen LogP contribution in [0.3, 0.4) is 0 Å². The molecule has 6 heteroatoms. The summed E-state index contributed by atoms with van der Waals surface area (Å²) in [7, 11) is 0. The summed E-state index contributed by atoms with van der Waals surface area (Å²) >= 11 is 0. The minimum Gasteiger partial charge on any atom is -0.486 e. The SMILES string of the molecule is CCN(CC)C(=O)c1ccc(C=C2CC3(CCN(C(=O)OC(C)(C)C)CC3)Oc3ccccc32)cc1. The highest BCUT2D eigenvalue weighted by molar-refractivity contribution is 5.94. The Labute approximate surface area is 214 Å². The van der Waals surface area contributed by atoms with Gasteiger partial charge in [0.2, 0.25) is 0 Å². The van der Waals surface area contributed by atoms with Gasteiger partial charge in [-0.3, -0.25) is 4.79 Å². The second kappa shape index (κ2) is 10.4. The van der Waals surface area contributed by atoms with Gasteiger partial charge >= 0.3 is 6.09 Å². The summed E-state index contributed by atoms with van der Waals surface area (Å²) in [5.74, 6) is 0.945. The van der Waals surface area contributed by atoms with Gasteiger partial charge in [-0.2, -0.15) is 0 Å². The summed E-state index contributed by atoms with van der Waals surface area (Å²) in [4.78, 5) is 28.9. The maximum atomic E-state index is 12.7. The van der Waals surface area contributed by atoms with Crippen molar-refractivity contribution in [3.63, 3.8) is 0 Å². The highest BCUT2D eigenvalue weighted by atomic mass is 16.6. The summed E-state index contributed by atoms with van der Waals surface area (Å²) in [6, 6.07) is 16.0. The van der Waals surface area contributed by atoms with Gasteiger partial charge in [0.1, 0.15) is 17.0 Å². The highest BCUT2D eigenvalue weighted by Crippen LogP contribution is 2.45. The molecule has 36 heavy (non-hydrogen) atoms. The number of rotatable bonds is 4. The fourth-order valence-electron chi connectivity index (χ4n) is 4.98. The summed E-state index contributed by atoms with van der Waals surface area (Å²) in [5, 5.41) is 0. The maximum absolute atomic E-state index is 12.7. The molecular weight excluding hydrogens is 452 g/mol. The van der Waals surface area contributed by atoms with Crippen LogP contribution < -0.4 is 4.74 Å². The molecule has 2 aliphatic rings. The molecule has 2 aromatic carbocycles. The first kappa shape index (κ1) is 25.8. The van der Waals surface area contributed by atoms with Crippen molar-refractivity contribution < 1.29 is 19.1 Å². The number of benzene rings is 2. The largest absolute Gasteiger partial charge is 0.486 e. The molecule has 1 spiro atoms. The van der Waals surface area contributed by atoms with Crippen LogP contribution in [0, 0.1) is 0 Å². The number of nitrogens with zero attached hydrogens (tertiary/aromatic N) is 2. The van der Waals surface area contributed by atoms with E-state index in [1.807, 2.05) is 82.0 Å². The highest BCUT2D eigenvalue weighted by Gasteiger charge is 2.42. The van der Waals surface area contributed by atoms with E-state index < -0.39 is 5.60 Å². The molecule has 0 atom stereocenters. The van der Waals surface area contributed by atoms with Crippen molar-refractivity contribution in [3.8, 4) is 5.75 Å². The van der Waals surface area contributed by atoms with Crippen LogP contribution in [0.25, 0.3) is 11.6 Å². The molecule has 2 aliphatic heterocycles. The Kier molecular flexibility index (Phi) is 7.43. The van der Waals surface area contributed by atoms with Gasteiger partial charge in [0, 0.05) is 56.6 Å². The maximum Gasteiger partial charge on any atom is 0.410 e. The Morgan fingerprint density at radius 2 is 1.67 bits per heavy atom. The molecule has 192 valence electrons. The zero-order valence-electron chi connectivity index (χ0n) is 22.2. The van der Waals surface area contributed by atoms with Gasteiger partial charge in [-0.25, -0.2) is 4.79 Å². The van der Waals surface area contributed by atoms with Crippen molar-refractivity contribution in [1.82, 2.24) is 9.80 Å². The zero-order valence-corrected chi connectivity index (χ0v) is 22.2. The van der Waals surface area contributed by atoms with Crippen LogP contribution in [0.15, 0.2) is 48.5 Å². The number of piperidine rings is 1. The van der Waals surface area contributed by atoms with E-state index in [0.717, 1.165) is 36.1 Å². The van der Waals surface area contributed by atoms with Crippen molar-refractivity contribution in [1.29, 1.82) is 0 Å². The second-order valence-corrected chi connectivity index (χ2v) is 10.7. The minimum absolute atomic E-state index is 0.0614. The molecule has 2 aromatic rings. The summed E-state index contributed by atoms with van der Waals surface area (Å²) in [6.07, 6.45) is 4.20. The van der Waals surface area contributed by atoms with Crippen LogP contribution in [-0.2, 0) is 4.74 Å². The third-order valence-corrected chi connectivity index (χ3v) is 6.95. The third-order valence-electron chi connectivity index (χ3n) is 6.95. The van der Waals surface area contributed by atoms with Crippen LogP contribution in [-0.4, -0.2) is 59.2 Å². The normalized spacial score (nSPS) is 17.9. The number of fused-ring (bicyclic) bond motifs is 1. The molecule has 0 aromatic heterocycles. The van der Waals surface area contributed by atoms with E-state index in [-0.39, 0.29) is 17.6 Å². The predicted molar refractivity (Wildman–Crippen MR) is 143 cm³/mol. The smallest absolute Gasteiger partial charge is 0.410 e. The lowest BCUT2D eigenvalue weighted by Gasteiger charge is -2.45. The number of hydrogen-bond acceptors (Lipinski definition) is 4. The molecule has 0 bridgehead atoms. The molecule has 0 unspecified atom stereocenters. The average molecular weight is 491 g/mol. The van der Waals surface area contributed by atoms with Gasteiger partial charge in [0.25, 0.3) is 5.91 Å². The first-order valence-corrected chi connectivity index (χ1v) is 13.0. The van der Waals surface area contributed by atoms with E-state index in [4.69, 9.17) is 9.47 Å². The zero-order chi connectivity index (χ0) is 25.9. The molecule has 0 saturated carbocycles. The van der Waals surface area contributed by atoms with Crippen molar-refractivity contribution in [3.05, 3.63) is 65.2 Å². The number of likely N-dealkylation sites (tertiary alicyclic amines) is 1. The second-order valence-electron chi connectivity index (χ2n) is 10.7. The molecular formula is C30H38N2O4. The number of carbonyl (C=O) groups is 2. The number of ether oxygens (including phenoxy) is 2. The van der Waals surface area contributed by atoms with Crippen molar-refractivity contribution in [2.24, 2.45) is 0 Å². The first-order valence-electron chi connectivity index (χ1n) is 13.0. The molecule has 0 radical (unpaired) electrons. The Hall–Kier alpha value is -3.28. The van der Waals surface area contributed by atoms with Crippen molar-refractivity contribution >= 4 is 23.6 Å². The summed E-state index contributed by atoms with van der Waals surface area (Å²) < 4.78 is 12.2. The lowest BCUT2D eigenvalue weighted by atomic mass is 9.80. The molecule has 1 saturated heterocycles. The quantitative estimate of drug-likeness (QED) is 0.507. The molecule has 0 aliphatic carbocycles. The molecule has 2 amide bonds. The van der Waals surface area contributed by atoms with Gasteiger partial charge in [-0.15, -0.1) is 0 Å². The Balaban J connectivity index is 1.54. The first-order chi connectivity index (χ1) is 17.1. The molecule has 2 heterocycles. The van der Waals surface area contributed by atoms with Gasteiger partial charge in [0.15, 0.2) is 0 Å². The molecule has 6 nitrogen and oxygen atoms in total. The van der Waals surface area contributed by atoms with Crippen LogP contribution in [0.5, 0.6) is 5.75 Å². The van der Waals surface area contributed by atoms with E-state index in [2.05, 4.69) is 12.1 Å². The Bertz CT molecular complexity index is 1120. The van der Waals surface area contributed by atoms with E-state index in [1.54, 1.807) is 4.90 Å². The van der Waals surface area contributed by atoms with Gasteiger partial charge in [0.05, 0.1) is 0 Å². The fraction of sp³-hybridized carbons (Fsp3) is 0.467. The number of amides is 2. The van der Waals surface area contributed by atoms with Crippen molar-refractivity contribution in [2.75, 3.05) is 26.2 Å². The topological polar surface area (TPSA) is 59.1 Å². The number of carbonyl (C=O) groups excluding carboxylic acids is 2. The molecule has 4 rings (SSSR count). The van der Waals surface area contributed by atoms with Crippen molar-refractivity contribution in [2.45, 2.75) is 65.1 Å². The van der Waals surface area contributed by atoms with Crippen LogP contribution in [0.1, 0.15) is 75.4 Å². The van der Waals surface area contributed by atoms with Crippen LogP contribution in [0.2, 0.25) is 0 Å². The van der Waals surface area contributed by atoms with E-state index in [0.29, 0.717) is 31.7 Å². The number of para-hydroxylation sites is 1. The monoisotopic (exact) mass is 490 g/mol. The van der Waals surface area contributed by atoms with Crippen LogP contribution in [0.4, 0.5) is 4.79 Å². The average Bonchev–Trinajstić information content (AvgIpc) is 2.84. The molecule has 1 fully saturated rings. The predicted octanol–water partition coefficient (Wildman–Crippen LogP) is 6.26. The van der Waals surface area contributed by atoms with Gasteiger partial charge in [-0.05, 0) is 64.0 Å². The molecule has 0 N–H and O–H groups in total. The van der Waals surface area contributed by atoms with Gasteiger partial charge < -0.3 is 19.3 Å². The lowest BCUT2D eigenvalue weighted by Crippen LogP contribution is -2.51. The summed E-state index contributed by atoms with van der Waals surface area (Å²) in [5.41, 5.74) is 3.22. The Morgan fingerprint density at radius 1 is 1.03 bits per heavy atom. The van der Waals surface area contributed by atoms with E-state index in [9.17, 15) is 9.59 Å². The van der Waals surface area contributed by atoms with Crippen LogP contribution >= 0.6 is 0 Å². The van der Waals surface area contributed by atoms with Gasteiger partial charge in [-0.1, -0.05) is 36.4 Å². The van der Waals surface area contributed by atoms with E-state index in [1.165, 1.54) is 5.57 Å². The standard InChI is InChI=1S/C30H38N2O4/c1-6-31(7-2)27(33)23-14-12-22(13-15-23)20-24-21-30(35-26-11-9-8-10-25(24)26)16-18-32(19-17-30)28(34)36-29(3,4)5/h8-15,20H,6-7,16-19,21H2,1-5H3. The lowest BCUT2D eigenvalue weighted by molar-refractivity contribution is -0.0179. The fourth-order valence-corrected chi connectivity index (χ4v) is 4.98. The van der Waals surface area contributed by atoms with E-state index >= 15 is 0 Å². The minimum atomic E-state index is -0.506.